The SMILES string of the molecule is Cc1ccc(OCCCSc2n[nH]c(C)n2)cc1. The van der Waals surface area contributed by atoms with Gasteiger partial charge in [0.05, 0.1) is 6.61 Å². The number of hydrogen-bond donors (Lipinski definition) is 1. The highest BCUT2D eigenvalue weighted by molar-refractivity contribution is 7.99. The van der Waals surface area contributed by atoms with E-state index in [1.807, 2.05) is 19.1 Å². The zero-order chi connectivity index (χ0) is 12.8. The van der Waals surface area contributed by atoms with Crippen molar-refractivity contribution in [2.45, 2.75) is 25.4 Å². The molecule has 2 rings (SSSR count). The standard InChI is InChI=1S/C13H17N3OS/c1-10-4-6-12(7-5-10)17-8-3-9-18-13-14-11(2)15-16-13/h4-7H,3,8-9H2,1-2H3,(H,14,15,16). The zero-order valence-corrected chi connectivity index (χ0v) is 11.5. The molecule has 1 aromatic heterocycles. The maximum atomic E-state index is 5.64. The molecule has 96 valence electrons. The first-order valence-electron chi connectivity index (χ1n) is 5.95. The van der Waals surface area contributed by atoms with Gasteiger partial charge in [-0.1, -0.05) is 29.5 Å². The second-order valence-corrected chi connectivity index (χ2v) is 5.13. The van der Waals surface area contributed by atoms with Gasteiger partial charge in [0.1, 0.15) is 11.6 Å². The average molecular weight is 263 g/mol. The van der Waals surface area contributed by atoms with E-state index in [-0.39, 0.29) is 0 Å². The van der Waals surface area contributed by atoms with Crippen LogP contribution in [0.3, 0.4) is 0 Å². The van der Waals surface area contributed by atoms with Crippen LogP contribution >= 0.6 is 11.8 Å². The van der Waals surface area contributed by atoms with Crippen LogP contribution in [0.2, 0.25) is 0 Å². The van der Waals surface area contributed by atoms with Crippen LogP contribution in [0, 0.1) is 13.8 Å². The van der Waals surface area contributed by atoms with Gasteiger partial charge < -0.3 is 4.74 Å². The molecule has 5 heteroatoms. The lowest BCUT2D eigenvalue weighted by atomic mass is 10.2. The molecule has 0 aliphatic heterocycles. The Labute approximate surface area is 111 Å². The van der Waals surface area contributed by atoms with Gasteiger partial charge in [-0.15, -0.1) is 5.10 Å². The van der Waals surface area contributed by atoms with Gasteiger partial charge >= 0.3 is 0 Å². The van der Waals surface area contributed by atoms with Crippen LogP contribution in [0.25, 0.3) is 0 Å². The second kappa shape index (κ2) is 6.44. The van der Waals surface area contributed by atoms with Crippen molar-refractivity contribution in [1.29, 1.82) is 0 Å². The molecule has 0 saturated carbocycles. The maximum absolute atomic E-state index is 5.64. The Morgan fingerprint density at radius 2 is 2.00 bits per heavy atom. The molecule has 0 bridgehead atoms. The number of aromatic amines is 1. The molecule has 0 saturated heterocycles. The minimum atomic E-state index is 0.722. The lowest BCUT2D eigenvalue weighted by Gasteiger charge is -2.05. The van der Waals surface area contributed by atoms with E-state index in [1.165, 1.54) is 5.56 Å². The third-order valence-corrected chi connectivity index (χ3v) is 3.32. The zero-order valence-electron chi connectivity index (χ0n) is 10.6. The van der Waals surface area contributed by atoms with Gasteiger partial charge in [0.25, 0.3) is 0 Å². The van der Waals surface area contributed by atoms with Crippen molar-refractivity contribution < 1.29 is 4.74 Å². The Balaban J connectivity index is 1.63. The predicted molar refractivity (Wildman–Crippen MR) is 73.1 cm³/mol. The van der Waals surface area contributed by atoms with Crippen LogP contribution in [0.5, 0.6) is 5.75 Å². The summed E-state index contributed by atoms with van der Waals surface area (Å²) in [5, 5.41) is 7.70. The Morgan fingerprint density at radius 3 is 2.67 bits per heavy atom. The van der Waals surface area contributed by atoms with Crippen molar-refractivity contribution >= 4 is 11.8 Å². The molecular weight excluding hydrogens is 246 g/mol. The van der Waals surface area contributed by atoms with E-state index in [2.05, 4.69) is 34.2 Å². The number of benzene rings is 1. The third-order valence-electron chi connectivity index (χ3n) is 2.39. The highest BCUT2D eigenvalue weighted by Crippen LogP contribution is 2.15. The molecule has 0 atom stereocenters. The summed E-state index contributed by atoms with van der Waals surface area (Å²) in [4.78, 5) is 4.23. The lowest BCUT2D eigenvalue weighted by Crippen LogP contribution is -1.98. The van der Waals surface area contributed by atoms with E-state index in [9.17, 15) is 0 Å². The lowest BCUT2D eigenvalue weighted by molar-refractivity contribution is 0.318. The number of aryl methyl sites for hydroxylation is 2. The van der Waals surface area contributed by atoms with Gasteiger partial charge in [0.15, 0.2) is 0 Å². The van der Waals surface area contributed by atoms with E-state index in [4.69, 9.17) is 4.74 Å². The van der Waals surface area contributed by atoms with Crippen molar-refractivity contribution in [3.05, 3.63) is 35.7 Å². The monoisotopic (exact) mass is 263 g/mol. The maximum Gasteiger partial charge on any atom is 0.208 e. The van der Waals surface area contributed by atoms with Gasteiger partial charge in [0.2, 0.25) is 5.16 Å². The molecule has 0 fully saturated rings. The average Bonchev–Trinajstić information content (AvgIpc) is 2.77. The first kappa shape index (κ1) is 13.0. The first-order chi connectivity index (χ1) is 8.74. The van der Waals surface area contributed by atoms with E-state index in [1.54, 1.807) is 11.8 Å². The fraction of sp³-hybridized carbons (Fsp3) is 0.385. The van der Waals surface area contributed by atoms with E-state index in [0.717, 1.165) is 35.5 Å². The number of nitrogens with zero attached hydrogens (tertiary/aromatic N) is 2. The number of ether oxygens (including phenoxy) is 1. The fourth-order valence-electron chi connectivity index (χ4n) is 1.43. The molecule has 4 nitrogen and oxygen atoms in total. The Morgan fingerprint density at radius 1 is 1.22 bits per heavy atom. The van der Waals surface area contributed by atoms with Crippen molar-refractivity contribution in [1.82, 2.24) is 15.2 Å². The molecule has 2 aromatic rings. The molecule has 18 heavy (non-hydrogen) atoms. The summed E-state index contributed by atoms with van der Waals surface area (Å²) in [5.41, 5.74) is 1.25. The summed E-state index contributed by atoms with van der Waals surface area (Å²) in [7, 11) is 0. The molecule has 1 heterocycles. The van der Waals surface area contributed by atoms with Gasteiger partial charge in [-0.25, -0.2) is 4.98 Å². The Kier molecular flexibility index (Phi) is 4.64. The molecule has 0 spiro atoms. The number of aromatic nitrogens is 3. The molecule has 0 radical (unpaired) electrons. The summed E-state index contributed by atoms with van der Waals surface area (Å²) >= 11 is 1.65. The number of H-pyrrole nitrogens is 1. The minimum absolute atomic E-state index is 0.722. The van der Waals surface area contributed by atoms with Crippen molar-refractivity contribution in [3.63, 3.8) is 0 Å². The molecule has 1 N–H and O–H groups in total. The van der Waals surface area contributed by atoms with Crippen molar-refractivity contribution in [2.75, 3.05) is 12.4 Å². The summed E-state index contributed by atoms with van der Waals surface area (Å²) in [6, 6.07) is 8.11. The van der Waals surface area contributed by atoms with Gasteiger partial charge in [0, 0.05) is 5.75 Å². The van der Waals surface area contributed by atoms with Crippen molar-refractivity contribution in [3.8, 4) is 5.75 Å². The predicted octanol–water partition coefficient (Wildman–Crippen LogP) is 2.98. The second-order valence-electron chi connectivity index (χ2n) is 4.07. The molecule has 0 aliphatic carbocycles. The topological polar surface area (TPSA) is 50.8 Å². The molecular formula is C13H17N3OS. The van der Waals surface area contributed by atoms with Crippen molar-refractivity contribution in [2.24, 2.45) is 0 Å². The summed E-state index contributed by atoms with van der Waals surface area (Å²) in [6.07, 6.45) is 0.978. The highest BCUT2D eigenvalue weighted by Gasteiger charge is 2.00. The van der Waals surface area contributed by atoms with Crippen LogP contribution < -0.4 is 4.74 Å². The van der Waals surface area contributed by atoms with Crippen LogP contribution in [0.15, 0.2) is 29.4 Å². The number of thioether (sulfide) groups is 1. The fourth-order valence-corrected chi connectivity index (χ4v) is 2.19. The first-order valence-corrected chi connectivity index (χ1v) is 6.94. The van der Waals surface area contributed by atoms with Crippen LogP contribution in [0.1, 0.15) is 17.8 Å². The van der Waals surface area contributed by atoms with E-state index in [0.29, 0.717) is 0 Å². The summed E-state index contributed by atoms with van der Waals surface area (Å²) < 4.78 is 5.64. The van der Waals surface area contributed by atoms with Crippen LogP contribution in [0.4, 0.5) is 0 Å². The van der Waals surface area contributed by atoms with E-state index >= 15 is 0 Å². The largest absolute Gasteiger partial charge is 0.494 e. The molecule has 0 amide bonds. The van der Waals surface area contributed by atoms with E-state index < -0.39 is 0 Å². The van der Waals surface area contributed by atoms with Gasteiger partial charge in [-0.2, -0.15) is 0 Å². The van der Waals surface area contributed by atoms with Gasteiger partial charge in [-0.05, 0) is 32.4 Å². The highest BCUT2D eigenvalue weighted by atomic mass is 32.2. The summed E-state index contributed by atoms with van der Waals surface area (Å²) in [6.45, 7) is 4.69. The number of nitrogens with one attached hydrogen (secondary N) is 1. The molecule has 0 aliphatic rings. The normalized spacial score (nSPS) is 10.6. The smallest absolute Gasteiger partial charge is 0.208 e. The van der Waals surface area contributed by atoms with Gasteiger partial charge in [-0.3, -0.25) is 5.10 Å². The molecule has 1 aromatic carbocycles. The Hall–Kier alpha value is -1.49. The Bertz CT molecular complexity index is 481. The number of rotatable bonds is 6. The summed E-state index contributed by atoms with van der Waals surface area (Å²) in [5.74, 6) is 2.75. The molecule has 0 unspecified atom stereocenters. The minimum Gasteiger partial charge on any atom is -0.494 e. The third kappa shape index (κ3) is 4.07. The quantitative estimate of drug-likeness (QED) is 0.643. The van der Waals surface area contributed by atoms with Crippen LogP contribution in [-0.2, 0) is 0 Å². The number of hydrogen-bond acceptors (Lipinski definition) is 4. The van der Waals surface area contributed by atoms with Crippen LogP contribution in [-0.4, -0.2) is 27.5 Å².